The third kappa shape index (κ3) is 4.85. The molecule has 1 aliphatic heterocycles. The second-order valence-electron chi connectivity index (χ2n) is 5.92. The lowest BCUT2D eigenvalue weighted by atomic mass is 10.1. The molecule has 0 bridgehead atoms. The normalized spacial score (nSPS) is 18.4. The maximum atomic E-state index is 12.5. The van der Waals surface area contributed by atoms with E-state index in [1.54, 1.807) is 12.1 Å². The molecule has 1 saturated heterocycles. The molecule has 0 aromatic heterocycles. The lowest BCUT2D eigenvalue weighted by molar-refractivity contribution is 0.0938. The number of nitrogens with one attached hydrogen (secondary N) is 2. The summed E-state index contributed by atoms with van der Waals surface area (Å²) in [7, 11) is -1.93. The van der Waals surface area contributed by atoms with Crippen molar-refractivity contribution in [2.45, 2.75) is 25.8 Å². The van der Waals surface area contributed by atoms with E-state index in [4.69, 9.17) is 4.74 Å². The minimum absolute atomic E-state index is 0.271. The number of likely N-dealkylation sites (N-methyl/N-ethyl adjacent to an activating group) is 1. The van der Waals surface area contributed by atoms with Crippen LogP contribution in [0.1, 0.15) is 30.1 Å². The van der Waals surface area contributed by atoms with Gasteiger partial charge in [-0.3, -0.25) is 14.4 Å². The van der Waals surface area contributed by atoms with Crippen LogP contribution < -0.4 is 14.8 Å². The standard InChI is InChI=1S/C16H25N3O4S/c1-4-19-9-5-6-13(19)11-17-16(20)14-10-12(18-24(3,21)22)7-8-15(14)23-2/h7-8,10,13,18H,4-6,9,11H2,1-3H3,(H,17,20). The van der Waals surface area contributed by atoms with E-state index in [0.29, 0.717) is 29.6 Å². The van der Waals surface area contributed by atoms with Crippen LogP contribution in [0.15, 0.2) is 18.2 Å². The molecule has 1 fully saturated rings. The molecule has 0 spiro atoms. The summed E-state index contributed by atoms with van der Waals surface area (Å²) in [6.07, 6.45) is 3.28. The van der Waals surface area contributed by atoms with Crippen molar-refractivity contribution in [1.82, 2.24) is 10.2 Å². The van der Waals surface area contributed by atoms with Crippen molar-refractivity contribution in [3.63, 3.8) is 0 Å². The number of ether oxygens (including phenoxy) is 1. The van der Waals surface area contributed by atoms with E-state index in [1.165, 1.54) is 13.2 Å². The van der Waals surface area contributed by atoms with Crippen LogP contribution in [-0.2, 0) is 10.0 Å². The summed E-state index contributed by atoms with van der Waals surface area (Å²) in [6.45, 7) is 4.72. The van der Waals surface area contributed by atoms with Gasteiger partial charge in [0, 0.05) is 18.3 Å². The van der Waals surface area contributed by atoms with Gasteiger partial charge in [0.1, 0.15) is 5.75 Å². The first-order valence-corrected chi connectivity index (χ1v) is 9.91. The van der Waals surface area contributed by atoms with E-state index in [9.17, 15) is 13.2 Å². The number of sulfonamides is 1. The molecule has 0 aliphatic carbocycles. The average molecular weight is 355 g/mol. The van der Waals surface area contributed by atoms with E-state index in [2.05, 4.69) is 21.9 Å². The first-order chi connectivity index (χ1) is 11.3. The SMILES string of the molecule is CCN1CCCC1CNC(=O)c1cc(NS(C)(=O)=O)ccc1OC. The first kappa shape index (κ1) is 18.5. The fourth-order valence-electron chi connectivity index (χ4n) is 3.01. The van der Waals surface area contributed by atoms with Gasteiger partial charge in [0.05, 0.1) is 18.9 Å². The molecule has 134 valence electrons. The maximum Gasteiger partial charge on any atom is 0.255 e. The van der Waals surface area contributed by atoms with E-state index >= 15 is 0 Å². The first-order valence-electron chi connectivity index (χ1n) is 8.02. The minimum Gasteiger partial charge on any atom is -0.496 e. The molecule has 1 aromatic rings. The number of rotatable bonds is 7. The second-order valence-corrected chi connectivity index (χ2v) is 7.67. The van der Waals surface area contributed by atoms with Crippen LogP contribution in [-0.4, -0.2) is 58.3 Å². The lowest BCUT2D eigenvalue weighted by Gasteiger charge is -2.23. The van der Waals surface area contributed by atoms with Crippen molar-refractivity contribution >= 4 is 21.6 Å². The Hall–Kier alpha value is -1.80. The Morgan fingerprint density at radius 1 is 1.42 bits per heavy atom. The third-order valence-electron chi connectivity index (χ3n) is 4.15. The Bertz CT molecular complexity index is 691. The largest absolute Gasteiger partial charge is 0.496 e. The van der Waals surface area contributed by atoms with Gasteiger partial charge in [0.15, 0.2) is 0 Å². The molecular weight excluding hydrogens is 330 g/mol. The van der Waals surface area contributed by atoms with Crippen LogP contribution in [0.4, 0.5) is 5.69 Å². The molecule has 24 heavy (non-hydrogen) atoms. The zero-order valence-electron chi connectivity index (χ0n) is 14.3. The fraction of sp³-hybridized carbons (Fsp3) is 0.562. The summed E-state index contributed by atoms with van der Waals surface area (Å²) in [5, 5.41) is 2.93. The van der Waals surface area contributed by atoms with Crippen LogP contribution in [0.3, 0.4) is 0 Å². The van der Waals surface area contributed by atoms with Crippen molar-refractivity contribution in [1.29, 1.82) is 0 Å². The van der Waals surface area contributed by atoms with Gasteiger partial charge in [-0.2, -0.15) is 0 Å². The summed E-state index contributed by atoms with van der Waals surface area (Å²) in [5.74, 6) is 0.136. The molecule has 0 saturated carbocycles. The Labute approximate surface area is 143 Å². The zero-order valence-corrected chi connectivity index (χ0v) is 15.1. The summed E-state index contributed by atoms with van der Waals surface area (Å²) < 4.78 is 30.3. The predicted molar refractivity (Wildman–Crippen MR) is 94.1 cm³/mol. The van der Waals surface area contributed by atoms with Gasteiger partial charge in [-0.15, -0.1) is 0 Å². The molecule has 2 rings (SSSR count). The molecule has 1 unspecified atom stereocenters. The number of carbonyl (C=O) groups excluding carboxylic acids is 1. The number of nitrogens with zero attached hydrogens (tertiary/aromatic N) is 1. The van der Waals surface area contributed by atoms with Crippen LogP contribution in [0.25, 0.3) is 0 Å². The highest BCUT2D eigenvalue weighted by Crippen LogP contribution is 2.23. The fourth-order valence-corrected chi connectivity index (χ4v) is 3.57. The van der Waals surface area contributed by atoms with Crippen molar-refractivity contribution in [3.8, 4) is 5.75 Å². The Balaban J connectivity index is 2.10. The summed E-state index contributed by atoms with van der Waals surface area (Å²) in [4.78, 5) is 14.9. The van der Waals surface area contributed by atoms with Gasteiger partial charge in [-0.25, -0.2) is 8.42 Å². The smallest absolute Gasteiger partial charge is 0.255 e. The predicted octanol–water partition coefficient (Wildman–Crippen LogP) is 1.28. The van der Waals surface area contributed by atoms with Crippen LogP contribution >= 0.6 is 0 Å². The van der Waals surface area contributed by atoms with Crippen molar-refractivity contribution in [2.75, 3.05) is 37.7 Å². The van der Waals surface area contributed by atoms with Gasteiger partial charge in [-0.05, 0) is 44.1 Å². The molecule has 8 heteroatoms. The third-order valence-corrected chi connectivity index (χ3v) is 4.76. The van der Waals surface area contributed by atoms with E-state index in [0.717, 1.165) is 32.2 Å². The van der Waals surface area contributed by atoms with Gasteiger partial charge in [0.25, 0.3) is 5.91 Å². The summed E-state index contributed by atoms with van der Waals surface area (Å²) in [5.41, 5.74) is 0.645. The molecular formula is C16H25N3O4S. The molecule has 0 radical (unpaired) electrons. The number of methoxy groups -OCH3 is 1. The number of hydrogen-bond acceptors (Lipinski definition) is 5. The lowest BCUT2D eigenvalue weighted by Crippen LogP contribution is -2.40. The van der Waals surface area contributed by atoms with E-state index in [1.807, 2.05) is 0 Å². The van der Waals surface area contributed by atoms with Gasteiger partial charge in [0.2, 0.25) is 10.0 Å². The second kappa shape index (κ2) is 7.85. The Morgan fingerprint density at radius 3 is 2.79 bits per heavy atom. The van der Waals surface area contributed by atoms with E-state index in [-0.39, 0.29) is 5.91 Å². The maximum absolute atomic E-state index is 12.5. The van der Waals surface area contributed by atoms with Crippen molar-refractivity contribution in [3.05, 3.63) is 23.8 Å². The number of benzene rings is 1. The highest BCUT2D eigenvalue weighted by Gasteiger charge is 2.24. The van der Waals surface area contributed by atoms with Crippen LogP contribution in [0.5, 0.6) is 5.75 Å². The minimum atomic E-state index is -3.40. The Kier molecular flexibility index (Phi) is 6.06. The molecule has 1 heterocycles. The summed E-state index contributed by atoms with van der Waals surface area (Å²) >= 11 is 0. The molecule has 1 amide bonds. The number of amides is 1. The number of anilines is 1. The monoisotopic (exact) mass is 355 g/mol. The van der Waals surface area contributed by atoms with E-state index < -0.39 is 10.0 Å². The molecule has 2 N–H and O–H groups in total. The molecule has 1 aromatic carbocycles. The summed E-state index contributed by atoms with van der Waals surface area (Å²) in [6, 6.07) is 4.98. The van der Waals surface area contributed by atoms with Gasteiger partial charge >= 0.3 is 0 Å². The molecule has 1 atom stereocenters. The average Bonchev–Trinajstić information content (AvgIpc) is 2.98. The highest BCUT2D eigenvalue weighted by molar-refractivity contribution is 7.92. The van der Waals surface area contributed by atoms with Crippen molar-refractivity contribution in [2.24, 2.45) is 0 Å². The highest BCUT2D eigenvalue weighted by atomic mass is 32.2. The molecule has 7 nitrogen and oxygen atoms in total. The number of likely N-dealkylation sites (tertiary alicyclic amines) is 1. The quantitative estimate of drug-likeness (QED) is 0.769. The van der Waals surface area contributed by atoms with Gasteiger partial charge in [-0.1, -0.05) is 6.92 Å². The molecule has 1 aliphatic rings. The number of hydrogen-bond donors (Lipinski definition) is 2. The van der Waals surface area contributed by atoms with Crippen LogP contribution in [0.2, 0.25) is 0 Å². The van der Waals surface area contributed by atoms with Crippen molar-refractivity contribution < 1.29 is 17.9 Å². The Morgan fingerprint density at radius 2 is 2.17 bits per heavy atom. The zero-order chi connectivity index (χ0) is 17.7. The van der Waals surface area contributed by atoms with Gasteiger partial charge < -0.3 is 10.1 Å². The topological polar surface area (TPSA) is 87.7 Å². The number of carbonyl (C=O) groups is 1. The van der Waals surface area contributed by atoms with Crippen LogP contribution in [0, 0.1) is 0 Å².